The van der Waals surface area contributed by atoms with Crippen molar-refractivity contribution in [3.05, 3.63) is 103 Å². The number of hydrogen-bond donors (Lipinski definition) is 2. The van der Waals surface area contributed by atoms with Gasteiger partial charge < -0.3 is 19.7 Å². The number of nitrogens with zero attached hydrogens (tertiary/aromatic N) is 3. The molecule has 45 heavy (non-hydrogen) atoms. The third-order valence-electron chi connectivity index (χ3n) is 7.92. The number of aryl methyl sites for hydroxylation is 1. The maximum absolute atomic E-state index is 15.6. The van der Waals surface area contributed by atoms with Gasteiger partial charge in [0.1, 0.15) is 17.1 Å². The number of halogens is 3. The van der Waals surface area contributed by atoms with Gasteiger partial charge in [-0.2, -0.15) is 0 Å². The van der Waals surface area contributed by atoms with E-state index in [1.807, 2.05) is 4.90 Å². The highest BCUT2D eigenvalue weighted by molar-refractivity contribution is 6.39. The molecule has 13 heteroatoms. The Kier molecular flexibility index (Phi) is 9.15. The molecule has 0 aliphatic carbocycles. The monoisotopic (exact) mass is 654 g/mol. The molecule has 1 aromatic heterocycles. The fraction of sp³-hybridized carbons (Fsp3) is 0.250. The van der Waals surface area contributed by atoms with Crippen LogP contribution in [-0.4, -0.2) is 51.2 Å². The van der Waals surface area contributed by atoms with E-state index in [1.54, 1.807) is 42.5 Å². The third kappa shape index (κ3) is 6.24. The summed E-state index contributed by atoms with van der Waals surface area (Å²) in [4.78, 5) is 50.9. The molecule has 0 saturated carbocycles. The van der Waals surface area contributed by atoms with Gasteiger partial charge >= 0.3 is 11.7 Å². The number of aliphatic carboxylic acids is 1. The van der Waals surface area contributed by atoms with Crippen LogP contribution in [0, 0.1) is 11.7 Å². The van der Waals surface area contributed by atoms with E-state index >= 15 is 4.39 Å². The van der Waals surface area contributed by atoms with Crippen molar-refractivity contribution in [2.24, 2.45) is 20.0 Å². The van der Waals surface area contributed by atoms with Gasteiger partial charge in [-0.15, -0.1) is 0 Å². The molecule has 2 N–H and O–H groups in total. The van der Waals surface area contributed by atoms with Crippen LogP contribution in [-0.2, 0) is 25.4 Å². The van der Waals surface area contributed by atoms with Gasteiger partial charge in [-0.3, -0.25) is 23.9 Å². The second-order valence-corrected chi connectivity index (χ2v) is 11.5. The van der Waals surface area contributed by atoms with Crippen LogP contribution in [0.3, 0.4) is 0 Å². The number of carbonyl (C=O) groups is 2. The van der Waals surface area contributed by atoms with E-state index in [4.69, 9.17) is 27.9 Å². The molecule has 0 spiro atoms. The molecular weight excluding hydrogens is 626 g/mol. The Labute approximate surface area is 267 Å². The number of carboxylic acid groups (broad SMARTS) is 1. The standard InChI is InChI=1S/C32H29Cl2FN4O6/c1-37-15-23(30(41)38(2)32(37)44)29(40)36-25-9-5-8-21(28(25)34)20-7-4-6-19(27(20)33)18-12-24(35)22(26(13-18)45-3)16-39-11-10-17(14-39)31(42)43/h4-9,12-13,15,17H,10-11,14,16H2,1-3H3,(H,36,40)(H,42,43)/t17-/m1/s1. The number of hydrogen-bond acceptors (Lipinski definition) is 6. The molecule has 0 radical (unpaired) electrons. The average molecular weight is 656 g/mol. The summed E-state index contributed by atoms with van der Waals surface area (Å²) in [6, 6.07) is 13.2. The molecule has 1 fully saturated rings. The van der Waals surface area contributed by atoms with Gasteiger partial charge in [-0.05, 0) is 36.7 Å². The van der Waals surface area contributed by atoms with E-state index in [0.717, 1.165) is 15.3 Å². The minimum atomic E-state index is -0.863. The first-order valence-electron chi connectivity index (χ1n) is 13.9. The molecular formula is C32H29Cl2FN4O6. The molecule has 2 heterocycles. The molecule has 0 unspecified atom stereocenters. The van der Waals surface area contributed by atoms with Gasteiger partial charge in [0.05, 0.1) is 28.8 Å². The normalized spacial score (nSPS) is 14.8. The van der Waals surface area contributed by atoms with Crippen LogP contribution in [0.15, 0.2) is 64.3 Å². The highest BCUT2D eigenvalue weighted by Crippen LogP contribution is 2.42. The van der Waals surface area contributed by atoms with E-state index < -0.39 is 34.9 Å². The number of benzene rings is 3. The predicted octanol–water partition coefficient (Wildman–Crippen LogP) is 5.03. The third-order valence-corrected chi connectivity index (χ3v) is 8.73. The number of aromatic nitrogens is 2. The smallest absolute Gasteiger partial charge is 0.330 e. The molecule has 0 bridgehead atoms. The van der Waals surface area contributed by atoms with Gasteiger partial charge in [0, 0.05) is 55.6 Å². The Hall–Kier alpha value is -4.45. The lowest BCUT2D eigenvalue weighted by molar-refractivity contribution is -0.141. The molecule has 5 rings (SSSR count). The fourth-order valence-corrected chi connectivity index (χ4v) is 6.07. The van der Waals surface area contributed by atoms with Crippen LogP contribution in [0.2, 0.25) is 10.0 Å². The fourth-order valence-electron chi connectivity index (χ4n) is 5.46. The van der Waals surface area contributed by atoms with E-state index in [1.165, 1.54) is 27.3 Å². The number of likely N-dealkylation sites (tertiary alicyclic amines) is 1. The SMILES string of the molecule is COc1cc(-c2cccc(-c3cccc(NC(=O)c4cn(C)c(=O)n(C)c4=O)c3Cl)c2Cl)cc(F)c1CN1CC[C@@H](C(=O)O)C1. The zero-order valence-corrected chi connectivity index (χ0v) is 26.1. The number of rotatable bonds is 8. The largest absolute Gasteiger partial charge is 0.496 e. The van der Waals surface area contributed by atoms with Crippen molar-refractivity contribution in [1.29, 1.82) is 0 Å². The van der Waals surface area contributed by atoms with Crippen LogP contribution in [0.1, 0.15) is 22.3 Å². The van der Waals surface area contributed by atoms with Crippen molar-refractivity contribution in [1.82, 2.24) is 14.0 Å². The summed E-state index contributed by atoms with van der Waals surface area (Å²) in [6.07, 6.45) is 1.66. The zero-order valence-electron chi connectivity index (χ0n) is 24.6. The minimum absolute atomic E-state index is 0.149. The Bertz CT molecular complexity index is 1960. The molecule has 1 saturated heterocycles. The molecule has 234 valence electrons. The number of anilines is 1. The second-order valence-electron chi connectivity index (χ2n) is 10.8. The van der Waals surface area contributed by atoms with Gasteiger partial charge in [0.15, 0.2) is 0 Å². The maximum Gasteiger partial charge on any atom is 0.330 e. The van der Waals surface area contributed by atoms with Crippen molar-refractivity contribution < 1.29 is 23.8 Å². The summed E-state index contributed by atoms with van der Waals surface area (Å²) in [6.45, 7) is 1.07. The lowest BCUT2D eigenvalue weighted by Crippen LogP contribution is -2.40. The topological polar surface area (TPSA) is 123 Å². The molecule has 4 aromatic rings. The van der Waals surface area contributed by atoms with Crippen molar-refractivity contribution in [2.45, 2.75) is 13.0 Å². The van der Waals surface area contributed by atoms with Gasteiger partial charge in [-0.25, -0.2) is 9.18 Å². The molecule has 1 aliphatic rings. The van der Waals surface area contributed by atoms with E-state index in [9.17, 15) is 24.3 Å². The Morgan fingerprint density at radius 3 is 2.38 bits per heavy atom. The van der Waals surface area contributed by atoms with Crippen molar-refractivity contribution in [2.75, 3.05) is 25.5 Å². The van der Waals surface area contributed by atoms with E-state index in [2.05, 4.69) is 5.32 Å². The summed E-state index contributed by atoms with van der Waals surface area (Å²) in [5, 5.41) is 12.4. The number of carboxylic acids is 1. The summed E-state index contributed by atoms with van der Waals surface area (Å²) in [5.41, 5.74) is 0.900. The summed E-state index contributed by atoms with van der Waals surface area (Å²) >= 11 is 13.6. The number of amides is 1. The van der Waals surface area contributed by atoms with Crippen molar-refractivity contribution >= 4 is 40.8 Å². The molecule has 10 nitrogen and oxygen atoms in total. The van der Waals surface area contributed by atoms with E-state index in [-0.39, 0.29) is 27.8 Å². The van der Waals surface area contributed by atoms with Crippen LogP contribution < -0.4 is 21.3 Å². The highest BCUT2D eigenvalue weighted by Gasteiger charge is 2.29. The van der Waals surface area contributed by atoms with Crippen molar-refractivity contribution in [3.63, 3.8) is 0 Å². The summed E-state index contributed by atoms with van der Waals surface area (Å²) in [7, 11) is 4.15. The average Bonchev–Trinajstić information content (AvgIpc) is 3.49. The van der Waals surface area contributed by atoms with Crippen molar-refractivity contribution in [3.8, 4) is 28.0 Å². The molecule has 1 atom stereocenters. The quantitative estimate of drug-likeness (QED) is 0.273. The van der Waals surface area contributed by atoms with Crippen LogP contribution >= 0.6 is 23.2 Å². The lowest BCUT2D eigenvalue weighted by atomic mass is 9.97. The van der Waals surface area contributed by atoms with Crippen LogP contribution in [0.4, 0.5) is 10.1 Å². The summed E-state index contributed by atoms with van der Waals surface area (Å²) in [5.74, 6) is -2.31. The zero-order chi connectivity index (χ0) is 32.6. The van der Waals surface area contributed by atoms with Gasteiger partial charge in [0.25, 0.3) is 11.5 Å². The predicted molar refractivity (Wildman–Crippen MR) is 170 cm³/mol. The van der Waals surface area contributed by atoms with Crippen LogP contribution in [0.5, 0.6) is 5.75 Å². The first-order chi connectivity index (χ1) is 21.4. The van der Waals surface area contributed by atoms with Crippen LogP contribution in [0.25, 0.3) is 22.3 Å². The lowest BCUT2D eigenvalue weighted by Gasteiger charge is -2.19. The number of carbonyl (C=O) groups excluding carboxylic acids is 1. The number of ether oxygens (including phenoxy) is 1. The Morgan fingerprint density at radius 1 is 1.04 bits per heavy atom. The highest BCUT2D eigenvalue weighted by atomic mass is 35.5. The summed E-state index contributed by atoms with van der Waals surface area (Å²) < 4.78 is 23.1. The first kappa shape index (κ1) is 32.0. The maximum atomic E-state index is 15.6. The molecule has 3 aromatic carbocycles. The Balaban J connectivity index is 1.46. The van der Waals surface area contributed by atoms with E-state index in [0.29, 0.717) is 53.1 Å². The second kappa shape index (κ2) is 12.9. The minimum Gasteiger partial charge on any atom is -0.496 e. The Morgan fingerprint density at radius 2 is 1.71 bits per heavy atom. The molecule has 1 aliphatic heterocycles. The molecule has 1 amide bonds. The first-order valence-corrected chi connectivity index (χ1v) is 14.6. The van der Waals surface area contributed by atoms with Gasteiger partial charge in [0.2, 0.25) is 0 Å². The number of nitrogens with one attached hydrogen (secondary N) is 1. The van der Waals surface area contributed by atoms with Gasteiger partial charge in [-0.1, -0.05) is 53.5 Å². The number of methoxy groups -OCH3 is 1.